The number of nitrogens with two attached hydrogens (primary N) is 1. The zero-order valence-electron chi connectivity index (χ0n) is 15.6. The maximum absolute atomic E-state index is 12.4. The molecule has 2 amide bonds. The minimum atomic E-state index is -0.429. The fraction of sp³-hybridized carbons (Fsp3) is 0.600. The fourth-order valence-corrected chi connectivity index (χ4v) is 3.92. The maximum atomic E-state index is 12.4. The van der Waals surface area contributed by atoms with Crippen LogP contribution in [0.2, 0.25) is 0 Å². The molecule has 26 heavy (non-hydrogen) atoms. The first kappa shape index (κ1) is 18.7. The molecule has 0 aromatic heterocycles. The number of benzene rings is 1. The molecule has 0 saturated carbocycles. The van der Waals surface area contributed by atoms with E-state index in [1.54, 1.807) is 6.92 Å². The molecule has 1 atom stereocenters. The Morgan fingerprint density at radius 2 is 2.00 bits per heavy atom. The van der Waals surface area contributed by atoms with E-state index in [9.17, 15) is 9.59 Å². The Morgan fingerprint density at radius 3 is 2.77 bits per heavy atom. The van der Waals surface area contributed by atoms with Gasteiger partial charge in [-0.3, -0.25) is 9.59 Å². The van der Waals surface area contributed by atoms with Crippen LogP contribution in [0.4, 0.5) is 0 Å². The van der Waals surface area contributed by atoms with E-state index in [-0.39, 0.29) is 11.8 Å². The van der Waals surface area contributed by atoms with Crippen LogP contribution in [0.1, 0.15) is 44.6 Å². The number of hydrogen-bond acceptors (Lipinski definition) is 4. The molecule has 1 saturated heterocycles. The van der Waals surface area contributed by atoms with Crippen molar-refractivity contribution in [3.63, 3.8) is 0 Å². The molecule has 2 aliphatic rings. The minimum Gasteiger partial charge on any atom is -0.485 e. The summed E-state index contributed by atoms with van der Waals surface area (Å²) >= 11 is 0. The van der Waals surface area contributed by atoms with Crippen molar-refractivity contribution in [3.8, 4) is 5.75 Å². The number of carbonyl (C=O) groups is 2. The topological polar surface area (TPSA) is 75.9 Å². The SMILES string of the molecule is CC(=O)N1Cc2ccccc2O[C@]2(CCCN(C(=O)CCCN)CC2)C1. The molecule has 0 unspecified atom stereocenters. The smallest absolute Gasteiger partial charge is 0.222 e. The van der Waals surface area contributed by atoms with Gasteiger partial charge in [0.05, 0.1) is 6.54 Å². The Hall–Kier alpha value is -2.08. The predicted molar refractivity (Wildman–Crippen MR) is 99.6 cm³/mol. The second-order valence-electron chi connectivity index (χ2n) is 7.39. The molecule has 1 spiro atoms. The van der Waals surface area contributed by atoms with Crippen LogP contribution < -0.4 is 10.5 Å². The number of amides is 2. The van der Waals surface area contributed by atoms with Gasteiger partial charge in [0.2, 0.25) is 11.8 Å². The van der Waals surface area contributed by atoms with E-state index in [1.165, 1.54) is 0 Å². The first-order valence-corrected chi connectivity index (χ1v) is 9.53. The third-order valence-electron chi connectivity index (χ3n) is 5.43. The molecule has 2 N–H and O–H groups in total. The van der Waals surface area contributed by atoms with Gasteiger partial charge in [-0.25, -0.2) is 0 Å². The Bertz CT molecular complexity index is 663. The molecule has 6 heteroatoms. The van der Waals surface area contributed by atoms with E-state index < -0.39 is 5.60 Å². The number of fused-ring (bicyclic) bond motifs is 1. The molecule has 2 heterocycles. The van der Waals surface area contributed by atoms with E-state index in [0.717, 1.165) is 43.5 Å². The second kappa shape index (κ2) is 8.08. The van der Waals surface area contributed by atoms with Gasteiger partial charge < -0.3 is 20.3 Å². The number of likely N-dealkylation sites (tertiary alicyclic amines) is 1. The number of ether oxygens (including phenoxy) is 1. The summed E-state index contributed by atoms with van der Waals surface area (Å²) in [5.74, 6) is 1.09. The molecule has 6 nitrogen and oxygen atoms in total. The Kier molecular flexibility index (Phi) is 5.81. The number of rotatable bonds is 3. The van der Waals surface area contributed by atoms with Crippen LogP contribution in [0.3, 0.4) is 0 Å². The van der Waals surface area contributed by atoms with Crippen LogP contribution in [0.5, 0.6) is 5.75 Å². The molecule has 1 aromatic rings. The first-order valence-electron chi connectivity index (χ1n) is 9.53. The highest BCUT2D eigenvalue weighted by Crippen LogP contribution is 2.35. The number of hydrogen-bond donors (Lipinski definition) is 1. The zero-order valence-corrected chi connectivity index (χ0v) is 15.6. The van der Waals surface area contributed by atoms with Crippen molar-refractivity contribution in [2.24, 2.45) is 5.73 Å². The molecule has 2 aliphatic heterocycles. The van der Waals surface area contributed by atoms with Gasteiger partial charge in [-0.05, 0) is 31.9 Å². The summed E-state index contributed by atoms with van der Waals surface area (Å²) in [4.78, 5) is 28.3. The van der Waals surface area contributed by atoms with Crippen molar-refractivity contribution < 1.29 is 14.3 Å². The minimum absolute atomic E-state index is 0.0600. The summed E-state index contributed by atoms with van der Waals surface area (Å²) in [6, 6.07) is 7.94. The molecule has 0 radical (unpaired) electrons. The van der Waals surface area contributed by atoms with Gasteiger partial charge in [0, 0.05) is 45.0 Å². The lowest BCUT2D eigenvalue weighted by atomic mass is 9.93. The monoisotopic (exact) mass is 359 g/mol. The number of para-hydroxylation sites is 1. The second-order valence-corrected chi connectivity index (χ2v) is 7.39. The fourth-order valence-electron chi connectivity index (χ4n) is 3.92. The van der Waals surface area contributed by atoms with Crippen LogP contribution in [0.15, 0.2) is 24.3 Å². The quantitative estimate of drug-likeness (QED) is 0.895. The summed E-state index contributed by atoms with van der Waals surface area (Å²) in [6.45, 7) is 4.71. The summed E-state index contributed by atoms with van der Waals surface area (Å²) in [5.41, 5.74) is 6.14. The van der Waals surface area contributed by atoms with Gasteiger partial charge in [0.25, 0.3) is 0 Å². The van der Waals surface area contributed by atoms with Crippen LogP contribution in [-0.2, 0) is 16.1 Å². The van der Waals surface area contributed by atoms with Gasteiger partial charge in [-0.1, -0.05) is 18.2 Å². The van der Waals surface area contributed by atoms with Crippen LogP contribution in [0, 0.1) is 0 Å². The van der Waals surface area contributed by atoms with Crippen molar-refractivity contribution in [2.45, 2.75) is 51.2 Å². The van der Waals surface area contributed by atoms with Crippen LogP contribution in [0.25, 0.3) is 0 Å². The van der Waals surface area contributed by atoms with Crippen molar-refractivity contribution in [2.75, 3.05) is 26.2 Å². The van der Waals surface area contributed by atoms with E-state index in [2.05, 4.69) is 0 Å². The van der Waals surface area contributed by atoms with Crippen molar-refractivity contribution >= 4 is 11.8 Å². The lowest BCUT2D eigenvalue weighted by Crippen LogP contribution is -2.47. The van der Waals surface area contributed by atoms with Crippen molar-refractivity contribution in [3.05, 3.63) is 29.8 Å². The maximum Gasteiger partial charge on any atom is 0.222 e. The van der Waals surface area contributed by atoms with E-state index in [0.29, 0.717) is 32.6 Å². The molecule has 0 aliphatic carbocycles. The highest BCUT2D eigenvalue weighted by molar-refractivity contribution is 5.76. The van der Waals surface area contributed by atoms with Gasteiger partial charge in [0.1, 0.15) is 11.4 Å². The van der Waals surface area contributed by atoms with Gasteiger partial charge in [-0.2, -0.15) is 0 Å². The normalized spacial score (nSPS) is 23.0. The van der Waals surface area contributed by atoms with Gasteiger partial charge in [-0.15, -0.1) is 0 Å². The lowest BCUT2D eigenvalue weighted by Gasteiger charge is -2.35. The van der Waals surface area contributed by atoms with Crippen molar-refractivity contribution in [1.82, 2.24) is 9.80 Å². The highest BCUT2D eigenvalue weighted by Gasteiger charge is 2.40. The molecule has 1 aromatic carbocycles. The largest absolute Gasteiger partial charge is 0.485 e. The summed E-state index contributed by atoms with van der Waals surface area (Å²) in [7, 11) is 0. The number of carbonyl (C=O) groups excluding carboxylic acids is 2. The van der Waals surface area contributed by atoms with Gasteiger partial charge in [0.15, 0.2) is 0 Å². The molecule has 0 bridgehead atoms. The first-order chi connectivity index (χ1) is 12.5. The third kappa shape index (κ3) is 4.18. The Morgan fingerprint density at radius 1 is 1.19 bits per heavy atom. The molecule has 1 fully saturated rings. The number of nitrogens with zero attached hydrogens (tertiary/aromatic N) is 2. The molecule has 142 valence electrons. The van der Waals surface area contributed by atoms with Crippen LogP contribution >= 0.6 is 0 Å². The average Bonchev–Trinajstić information content (AvgIpc) is 2.93. The molecular formula is C20H29N3O3. The van der Waals surface area contributed by atoms with Crippen LogP contribution in [-0.4, -0.2) is 53.4 Å². The van der Waals surface area contributed by atoms with E-state index in [4.69, 9.17) is 10.5 Å². The van der Waals surface area contributed by atoms with Crippen molar-refractivity contribution in [1.29, 1.82) is 0 Å². The summed E-state index contributed by atoms with van der Waals surface area (Å²) in [5, 5.41) is 0. The Labute approximate surface area is 155 Å². The molecular weight excluding hydrogens is 330 g/mol. The lowest BCUT2D eigenvalue weighted by molar-refractivity contribution is -0.133. The summed E-state index contributed by atoms with van der Waals surface area (Å²) in [6.07, 6.45) is 3.68. The van der Waals surface area contributed by atoms with Gasteiger partial charge >= 0.3 is 0 Å². The zero-order chi connectivity index (χ0) is 18.6. The van der Waals surface area contributed by atoms with E-state index in [1.807, 2.05) is 34.1 Å². The van der Waals surface area contributed by atoms with E-state index >= 15 is 0 Å². The Balaban J connectivity index is 1.79. The highest BCUT2D eigenvalue weighted by atomic mass is 16.5. The third-order valence-corrected chi connectivity index (χ3v) is 5.43. The standard InChI is InChI=1S/C20H29N3O3/c1-16(24)23-14-17-6-2-3-7-18(17)26-20(15-23)9-5-12-22(13-10-20)19(25)8-4-11-21/h2-3,6-7H,4-5,8-15,21H2,1H3/t20-/m0/s1. The molecule has 3 rings (SSSR count). The predicted octanol–water partition coefficient (Wildman–Crippen LogP) is 1.92. The average molecular weight is 359 g/mol. The summed E-state index contributed by atoms with van der Waals surface area (Å²) < 4.78 is 6.50.